The normalized spacial score (nSPS) is 15.2. The smallest absolute Gasteiger partial charge is 0.294 e. The van der Waals surface area contributed by atoms with Gasteiger partial charge in [0.15, 0.2) is 0 Å². The number of fused-ring (bicyclic) bond motifs is 2. The minimum absolute atomic E-state index is 0.101. The number of ether oxygens (including phenoxy) is 3. The summed E-state index contributed by atoms with van der Waals surface area (Å²) in [4.78, 5) is 48.5. The van der Waals surface area contributed by atoms with Crippen LogP contribution >= 0.6 is 15.9 Å². The van der Waals surface area contributed by atoms with Crippen LogP contribution in [-0.4, -0.2) is 115 Å². The number of nitro benzene ring substituents is 2. The molecule has 2 N–H and O–H groups in total. The summed E-state index contributed by atoms with van der Waals surface area (Å²) in [5.74, 6) is 0.524. The zero-order valence-corrected chi connectivity index (χ0v) is 44.3. The molecule has 3 aromatic heterocycles. The average Bonchev–Trinajstić information content (AvgIpc) is 4.03. The molecule has 0 bridgehead atoms. The number of para-hydroxylation sites is 1. The van der Waals surface area contributed by atoms with Crippen molar-refractivity contribution in [2.75, 3.05) is 95.7 Å². The lowest BCUT2D eigenvalue weighted by molar-refractivity contribution is -0.384. The second-order valence-electron chi connectivity index (χ2n) is 18.9. The number of methoxy groups -OCH3 is 2. The highest BCUT2D eigenvalue weighted by atomic mass is 79.9. The number of halogens is 1. The van der Waals surface area contributed by atoms with Gasteiger partial charge in [0.1, 0.15) is 34.4 Å². The molecular weight excluding hydrogens is 1040 g/mol. The number of likely N-dealkylation sites (N-methyl/N-ethyl adjacent to an activating group) is 2. The lowest BCUT2D eigenvalue weighted by Gasteiger charge is -2.30. The second-order valence-corrected chi connectivity index (χ2v) is 19.7. The highest BCUT2D eigenvalue weighted by Gasteiger charge is 2.44. The number of aromatic nitrogens is 5. The fraction of sp³-hybridized carbons (Fsp3) is 0.296. The van der Waals surface area contributed by atoms with Gasteiger partial charge in [-0.15, -0.1) is 0 Å². The number of rotatable bonds is 20. The molecule has 1 fully saturated rings. The Balaban J connectivity index is 0.975. The monoisotopic (exact) mass is 1090 g/mol. The number of hydrogen-bond acceptors (Lipinski definition) is 18. The van der Waals surface area contributed by atoms with Crippen molar-refractivity contribution in [3.8, 4) is 34.9 Å². The van der Waals surface area contributed by atoms with Crippen molar-refractivity contribution in [3.05, 3.63) is 145 Å². The van der Waals surface area contributed by atoms with Crippen molar-refractivity contribution in [2.45, 2.75) is 24.8 Å². The predicted molar refractivity (Wildman–Crippen MR) is 293 cm³/mol. The first-order valence-corrected chi connectivity index (χ1v) is 24.9. The van der Waals surface area contributed by atoms with E-state index in [4.69, 9.17) is 24.2 Å². The summed E-state index contributed by atoms with van der Waals surface area (Å²) in [5.41, 5.74) is 4.75. The molecule has 1 saturated heterocycles. The van der Waals surface area contributed by atoms with Crippen LogP contribution in [0.4, 0.5) is 46.0 Å². The molecule has 0 radical (unpaired) electrons. The third-order valence-corrected chi connectivity index (χ3v) is 14.6. The fourth-order valence-corrected chi connectivity index (χ4v) is 10.1. The van der Waals surface area contributed by atoms with Gasteiger partial charge in [-0.1, -0.05) is 49.4 Å². The number of nitro groups is 2. The first-order valence-electron chi connectivity index (χ1n) is 24.1. The largest absolute Gasteiger partial charge is 0.494 e. The van der Waals surface area contributed by atoms with Crippen molar-refractivity contribution in [1.82, 2.24) is 29.4 Å². The van der Waals surface area contributed by atoms with Crippen LogP contribution < -0.4 is 29.9 Å². The quantitative estimate of drug-likeness (QED) is 0.0532. The third-order valence-electron chi connectivity index (χ3n) is 14.0. The summed E-state index contributed by atoms with van der Waals surface area (Å²) in [6.45, 7) is 4.64. The Bertz CT molecular complexity index is 3530. The summed E-state index contributed by atoms with van der Waals surface area (Å²) in [6.07, 6.45) is 7.30. The molecule has 21 nitrogen and oxygen atoms in total. The Kier molecular flexibility index (Phi) is 14.9. The zero-order valence-electron chi connectivity index (χ0n) is 42.7. The van der Waals surface area contributed by atoms with Crippen LogP contribution in [0.1, 0.15) is 41.8 Å². The molecule has 9 rings (SSSR count). The maximum Gasteiger partial charge on any atom is 0.294 e. The molecular formula is C54H53BrN14O7. The topological polar surface area (TPSA) is 252 Å². The first-order chi connectivity index (χ1) is 36.6. The maximum absolute atomic E-state index is 12.8. The summed E-state index contributed by atoms with van der Waals surface area (Å²) in [6, 6.07) is 26.4. The summed E-state index contributed by atoms with van der Waals surface area (Å²) < 4.78 is 19.7. The van der Waals surface area contributed by atoms with Crippen molar-refractivity contribution in [3.63, 3.8) is 0 Å². The molecule has 0 amide bonds. The zero-order chi connectivity index (χ0) is 54.0. The molecule has 2 atom stereocenters. The molecule has 1 aliphatic heterocycles. The van der Waals surface area contributed by atoms with Crippen molar-refractivity contribution in [1.29, 1.82) is 10.5 Å². The molecule has 1 unspecified atom stereocenters. The van der Waals surface area contributed by atoms with Gasteiger partial charge in [0.2, 0.25) is 11.9 Å². The second kappa shape index (κ2) is 21.6. The van der Waals surface area contributed by atoms with Gasteiger partial charge in [-0.05, 0) is 65.6 Å². The van der Waals surface area contributed by atoms with Crippen molar-refractivity contribution >= 4 is 78.4 Å². The number of nitrogens with zero attached hydrogens (tertiary/aromatic N) is 12. The van der Waals surface area contributed by atoms with E-state index in [-0.39, 0.29) is 63.6 Å². The van der Waals surface area contributed by atoms with Crippen LogP contribution in [0.25, 0.3) is 27.7 Å². The number of nitriles is 2. The van der Waals surface area contributed by atoms with Gasteiger partial charge in [0.05, 0.1) is 88.4 Å². The van der Waals surface area contributed by atoms with Gasteiger partial charge < -0.3 is 44.1 Å². The van der Waals surface area contributed by atoms with Gasteiger partial charge >= 0.3 is 0 Å². The lowest BCUT2D eigenvalue weighted by Crippen LogP contribution is -2.32. The Morgan fingerprint density at radius 1 is 0.829 bits per heavy atom. The molecule has 0 spiro atoms. The van der Waals surface area contributed by atoms with E-state index in [1.165, 1.54) is 32.5 Å². The maximum atomic E-state index is 12.8. The third kappa shape index (κ3) is 9.88. The van der Waals surface area contributed by atoms with E-state index in [9.17, 15) is 30.8 Å². The van der Waals surface area contributed by atoms with Crippen LogP contribution in [0, 0.1) is 48.8 Å². The Labute approximate surface area is 446 Å². The molecule has 22 heteroatoms. The van der Waals surface area contributed by atoms with Crippen LogP contribution in [0.2, 0.25) is 0 Å². The molecule has 7 aromatic rings. The molecule has 1 aliphatic carbocycles. The van der Waals surface area contributed by atoms with Crippen LogP contribution in [0.3, 0.4) is 0 Å². The standard InChI is InChI=1S/C54H53BrN14O7/c1-32(54(31-57)24-37(35-12-8-10-14-39(35)54)51-40(55)27-59-53(63-51)61-42-21-47(69(72)73)45(23-49(42)75-7)66(5)19-18-64(2)3)16-17-65(4)44-22-48(74-6)41(20-46(44)68(70)71)60-52-58-26-33(25-56)50(62-52)38-28-67(34-29-76-30-34)43-15-11-9-13-36(38)43/h8-15,20-24,26-28,32,34H,16-19,29-30H2,1-7H3,(H,58,60,62)(H,59,61,63)/t32?,54-/m0/s1. The number of benzene rings is 4. The summed E-state index contributed by atoms with van der Waals surface area (Å²) >= 11 is 3.65. The van der Waals surface area contributed by atoms with E-state index in [2.05, 4.69) is 53.2 Å². The highest BCUT2D eigenvalue weighted by Crippen LogP contribution is 2.50. The molecule has 0 saturated carbocycles. The molecule has 2 aliphatic rings. The van der Waals surface area contributed by atoms with E-state index in [0.717, 1.165) is 27.6 Å². The van der Waals surface area contributed by atoms with Gasteiger partial charge in [0, 0.05) is 92.4 Å². The highest BCUT2D eigenvalue weighted by molar-refractivity contribution is 9.10. The van der Waals surface area contributed by atoms with E-state index in [0.29, 0.717) is 72.1 Å². The molecule has 4 heterocycles. The van der Waals surface area contributed by atoms with Crippen molar-refractivity contribution in [2.24, 2.45) is 5.92 Å². The average molecular weight is 1090 g/mol. The Morgan fingerprint density at radius 2 is 1.42 bits per heavy atom. The van der Waals surface area contributed by atoms with Gasteiger partial charge in [-0.2, -0.15) is 10.5 Å². The number of allylic oxidation sites excluding steroid dienone is 1. The van der Waals surface area contributed by atoms with Crippen molar-refractivity contribution < 1.29 is 24.1 Å². The van der Waals surface area contributed by atoms with E-state index < -0.39 is 15.3 Å². The van der Waals surface area contributed by atoms with Gasteiger partial charge in [0.25, 0.3) is 11.4 Å². The SMILES string of the molecule is COc1cc(N(C)CCN(C)C)c([N+](=O)[O-])cc1Nc1ncc(Br)c(C2=C[C@](C#N)(C(C)CCN(C)c3cc(OC)c(Nc4ncc(C#N)c(-c5cn(C6COC6)c6ccccc56)n4)cc3[N+](=O)[O-])c3ccccc32)n1. The van der Waals surface area contributed by atoms with Crippen LogP contribution in [0.5, 0.6) is 11.5 Å². The predicted octanol–water partition coefficient (Wildman–Crippen LogP) is 9.78. The summed E-state index contributed by atoms with van der Waals surface area (Å²) in [5, 5.41) is 53.7. The number of hydrogen-bond donors (Lipinski definition) is 2. The number of anilines is 6. The van der Waals surface area contributed by atoms with E-state index in [1.54, 1.807) is 42.2 Å². The molecule has 388 valence electrons. The molecule has 4 aromatic carbocycles. The van der Waals surface area contributed by atoms with Gasteiger partial charge in [-0.3, -0.25) is 20.2 Å². The Hall–Kier alpha value is -8.70. The Morgan fingerprint density at radius 3 is 2.00 bits per heavy atom. The lowest BCUT2D eigenvalue weighted by atomic mass is 9.72. The van der Waals surface area contributed by atoms with Gasteiger partial charge in [-0.25, -0.2) is 19.9 Å². The minimum Gasteiger partial charge on any atom is -0.494 e. The number of nitrogens with one attached hydrogen (secondary N) is 2. The summed E-state index contributed by atoms with van der Waals surface area (Å²) in [7, 11) is 10.3. The fourth-order valence-electron chi connectivity index (χ4n) is 9.69. The van der Waals surface area contributed by atoms with E-state index >= 15 is 0 Å². The van der Waals surface area contributed by atoms with Crippen LogP contribution in [0.15, 0.2) is 102 Å². The molecule has 76 heavy (non-hydrogen) atoms. The van der Waals surface area contributed by atoms with Crippen LogP contribution in [-0.2, 0) is 10.2 Å². The van der Waals surface area contributed by atoms with E-state index in [1.807, 2.05) is 86.7 Å². The minimum atomic E-state index is -1.15. The first kappa shape index (κ1) is 52.2.